The minimum Gasteiger partial charge on any atom is -0.361 e. The van der Waals surface area contributed by atoms with E-state index in [0.29, 0.717) is 22.2 Å². The quantitative estimate of drug-likeness (QED) is 0.710. The molecule has 2 heterocycles. The van der Waals surface area contributed by atoms with E-state index in [-0.39, 0.29) is 5.43 Å². The molecule has 0 aliphatic carbocycles. The van der Waals surface area contributed by atoms with Crippen LogP contribution in [0, 0.1) is 5.82 Å². The molecule has 0 saturated heterocycles. The second-order valence-electron chi connectivity index (χ2n) is 3.93. The molecule has 0 spiro atoms. The molecule has 18 heavy (non-hydrogen) atoms. The lowest BCUT2D eigenvalue weighted by Crippen LogP contribution is -2.01. The average Bonchev–Trinajstić information content (AvgIpc) is 2.40. The number of H-pyrrole nitrogens is 1. The van der Waals surface area contributed by atoms with E-state index in [2.05, 4.69) is 9.97 Å². The van der Waals surface area contributed by atoms with Crippen molar-refractivity contribution in [1.82, 2.24) is 9.97 Å². The molecule has 3 nitrogen and oxygen atoms in total. The first-order valence-corrected chi connectivity index (χ1v) is 5.48. The predicted octanol–water partition coefficient (Wildman–Crippen LogP) is 2.73. The molecular weight excluding hydrogens is 231 g/mol. The van der Waals surface area contributed by atoms with Gasteiger partial charge in [-0.1, -0.05) is 6.07 Å². The number of fused-ring (bicyclic) bond motifs is 1. The first-order valence-electron chi connectivity index (χ1n) is 5.48. The molecule has 0 atom stereocenters. The number of pyridine rings is 2. The van der Waals surface area contributed by atoms with Gasteiger partial charge in [0.1, 0.15) is 5.82 Å². The summed E-state index contributed by atoms with van der Waals surface area (Å²) in [6.07, 6.45) is 3.15. The van der Waals surface area contributed by atoms with E-state index in [1.54, 1.807) is 36.7 Å². The van der Waals surface area contributed by atoms with Crippen molar-refractivity contribution in [3.8, 4) is 11.3 Å². The van der Waals surface area contributed by atoms with Gasteiger partial charge in [-0.05, 0) is 24.3 Å². The van der Waals surface area contributed by atoms with Crippen molar-refractivity contribution < 1.29 is 4.39 Å². The molecule has 0 saturated carbocycles. The fourth-order valence-electron chi connectivity index (χ4n) is 1.91. The van der Waals surface area contributed by atoms with Crippen LogP contribution in [-0.2, 0) is 0 Å². The molecule has 0 bridgehead atoms. The maximum absolute atomic E-state index is 14.0. The van der Waals surface area contributed by atoms with Crippen LogP contribution in [0.2, 0.25) is 0 Å². The number of hydrogen-bond donors (Lipinski definition) is 1. The third-order valence-electron chi connectivity index (χ3n) is 2.79. The van der Waals surface area contributed by atoms with Gasteiger partial charge in [0.2, 0.25) is 0 Å². The summed E-state index contributed by atoms with van der Waals surface area (Å²) in [4.78, 5) is 18.6. The minimum absolute atomic E-state index is 0.199. The third-order valence-corrected chi connectivity index (χ3v) is 2.79. The van der Waals surface area contributed by atoms with Crippen molar-refractivity contribution >= 4 is 10.9 Å². The van der Waals surface area contributed by atoms with Gasteiger partial charge in [-0.25, -0.2) is 4.39 Å². The Balaban J connectivity index is 2.33. The van der Waals surface area contributed by atoms with Gasteiger partial charge >= 0.3 is 0 Å². The predicted molar refractivity (Wildman–Crippen MR) is 67.8 cm³/mol. The summed E-state index contributed by atoms with van der Waals surface area (Å²) in [5.74, 6) is -0.446. The molecule has 0 radical (unpaired) electrons. The number of rotatable bonds is 1. The first-order chi connectivity index (χ1) is 8.75. The highest BCUT2D eigenvalue weighted by Gasteiger charge is 2.09. The van der Waals surface area contributed by atoms with Crippen LogP contribution >= 0.6 is 0 Å². The van der Waals surface area contributed by atoms with E-state index in [1.165, 1.54) is 12.1 Å². The number of halogens is 1. The molecule has 3 aromatic rings. The average molecular weight is 240 g/mol. The Kier molecular flexibility index (Phi) is 2.41. The fourth-order valence-corrected chi connectivity index (χ4v) is 1.91. The molecule has 0 aliphatic heterocycles. The van der Waals surface area contributed by atoms with E-state index >= 15 is 0 Å². The number of aromatic amines is 1. The van der Waals surface area contributed by atoms with Crippen molar-refractivity contribution in [2.45, 2.75) is 0 Å². The van der Waals surface area contributed by atoms with Crippen molar-refractivity contribution in [1.29, 1.82) is 0 Å². The molecule has 3 rings (SSSR count). The van der Waals surface area contributed by atoms with E-state index in [0.717, 1.165) is 0 Å². The van der Waals surface area contributed by atoms with Gasteiger partial charge in [0.25, 0.3) is 0 Å². The zero-order chi connectivity index (χ0) is 12.5. The molecule has 0 fully saturated rings. The molecule has 2 aromatic heterocycles. The summed E-state index contributed by atoms with van der Waals surface area (Å²) in [7, 11) is 0. The Labute approximate surface area is 102 Å². The van der Waals surface area contributed by atoms with Crippen LogP contribution in [0.25, 0.3) is 22.2 Å². The van der Waals surface area contributed by atoms with Crippen LogP contribution in [-0.4, -0.2) is 9.97 Å². The largest absolute Gasteiger partial charge is 0.361 e. The molecule has 4 heteroatoms. The summed E-state index contributed by atoms with van der Waals surface area (Å²) in [5.41, 5.74) is 1.33. The Bertz CT molecular complexity index is 766. The van der Waals surface area contributed by atoms with Crippen LogP contribution in [0.3, 0.4) is 0 Å². The zero-order valence-corrected chi connectivity index (χ0v) is 9.35. The van der Waals surface area contributed by atoms with Gasteiger partial charge < -0.3 is 4.98 Å². The summed E-state index contributed by atoms with van der Waals surface area (Å²) < 4.78 is 14.0. The number of aromatic nitrogens is 2. The monoisotopic (exact) mass is 240 g/mol. The summed E-state index contributed by atoms with van der Waals surface area (Å²) in [5, 5.41) is 0.342. The molecule has 0 amide bonds. The van der Waals surface area contributed by atoms with Crippen molar-refractivity contribution in [2.75, 3.05) is 0 Å². The lowest BCUT2D eigenvalue weighted by Gasteiger charge is -2.04. The highest BCUT2D eigenvalue weighted by atomic mass is 19.1. The third kappa shape index (κ3) is 1.68. The summed E-state index contributed by atoms with van der Waals surface area (Å²) in [6, 6.07) is 9.52. The van der Waals surface area contributed by atoms with E-state index in [4.69, 9.17) is 0 Å². The number of hydrogen-bond acceptors (Lipinski definition) is 2. The molecule has 0 unspecified atom stereocenters. The van der Waals surface area contributed by atoms with Crippen LogP contribution in [0.1, 0.15) is 0 Å². The molecule has 88 valence electrons. The van der Waals surface area contributed by atoms with Crippen LogP contribution in [0.15, 0.2) is 53.6 Å². The van der Waals surface area contributed by atoms with Gasteiger partial charge in [0, 0.05) is 29.4 Å². The first kappa shape index (κ1) is 10.7. The van der Waals surface area contributed by atoms with Gasteiger partial charge in [-0.15, -0.1) is 0 Å². The Morgan fingerprint density at radius 1 is 1.17 bits per heavy atom. The van der Waals surface area contributed by atoms with E-state index in [9.17, 15) is 9.18 Å². The van der Waals surface area contributed by atoms with E-state index in [1.807, 2.05) is 0 Å². The van der Waals surface area contributed by atoms with Gasteiger partial charge in [-0.2, -0.15) is 0 Å². The summed E-state index contributed by atoms with van der Waals surface area (Å²) in [6.45, 7) is 0. The van der Waals surface area contributed by atoms with Gasteiger partial charge in [0.05, 0.1) is 11.2 Å². The maximum Gasteiger partial charge on any atom is 0.189 e. The lowest BCUT2D eigenvalue weighted by atomic mass is 10.1. The lowest BCUT2D eigenvalue weighted by molar-refractivity contribution is 0.632. The maximum atomic E-state index is 14.0. The number of nitrogens with zero attached hydrogens (tertiary/aromatic N) is 1. The highest BCUT2D eigenvalue weighted by Crippen LogP contribution is 2.23. The Morgan fingerprint density at radius 3 is 2.83 bits per heavy atom. The normalized spacial score (nSPS) is 10.7. The van der Waals surface area contributed by atoms with Gasteiger partial charge in [-0.3, -0.25) is 9.78 Å². The Morgan fingerprint density at radius 2 is 2.06 bits per heavy atom. The second kappa shape index (κ2) is 4.07. The fraction of sp³-hybridized carbons (Fsp3) is 0. The number of nitrogens with one attached hydrogen (secondary N) is 1. The van der Waals surface area contributed by atoms with Crippen LogP contribution < -0.4 is 5.43 Å². The molecular formula is C14H9FN2O. The molecule has 0 aliphatic rings. The van der Waals surface area contributed by atoms with Crippen molar-refractivity contribution in [3.05, 3.63) is 64.8 Å². The van der Waals surface area contributed by atoms with Crippen molar-refractivity contribution in [3.63, 3.8) is 0 Å². The molecule has 1 aromatic carbocycles. The van der Waals surface area contributed by atoms with Crippen molar-refractivity contribution in [2.24, 2.45) is 0 Å². The standard InChI is InChI=1S/C14H9FN2O/c15-11-7-10-13(17-6-4-14(10)18)8-9(11)12-3-1-2-5-16-12/h1-8H,(H,17,18). The molecule has 1 N–H and O–H groups in total. The zero-order valence-electron chi connectivity index (χ0n) is 9.35. The highest BCUT2D eigenvalue weighted by molar-refractivity contribution is 5.83. The van der Waals surface area contributed by atoms with Crippen LogP contribution in [0.4, 0.5) is 4.39 Å². The van der Waals surface area contributed by atoms with E-state index < -0.39 is 5.82 Å². The summed E-state index contributed by atoms with van der Waals surface area (Å²) >= 11 is 0. The minimum atomic E-state index is -0.446. The smallest absolute Gasteiger partial charge is 0.189 e. The second-order valence-corrected chi connectivity index (χ2v) is 3.93. The van der Waals surface area contributed by atoms with Crippen LogP contribution in [0.5, 0.6) is 0 Å². The van der Waals surface area contributed by atoms with Gasteiger partial charge in [0.15, 0.2) is 5.43 Å². The Hall–Kier alpha value is -2.49. The SMILES string of the molecule is O=c1cc[nH]c2cc(-c3ccccn3)c(F)cc12. The topological polar surface area (TPSA) is 45.8 Å². The number of benzene rings is 1.